The second-order valence-corrected chi connectivity index (χ2v) is 7.09. The fourth-order valence-corrected chi connectivity index (χ4v) is 3.95. The van der Waals surface area contributed by atoms with Crippen molar-refractivity contribution < 1.29 is 9.90 Å². The van der Waals surface area contributed by atoms with Crippen molar-refractivity contribution in [2.75, 3.05) is 25.4 Å². The minimum atomic E-state index is -0.689. The molecule has 0 amide bonds. The highest BCUT2D eigenvalue weighted by Crippen LogP contribution is 2.30. The van der Waals surface area contributed by atoms with E-state index >= 15 is 0 Å². The largest absolute Gasteiger partial charge is 0.481 e. The van der Waals surface area contributed by atoms with Gasteiger partial charge in [0, 0.05) is 35.3 Å². The molecule has 1 N–H and O–H groups in total. The number of hydrogen-bond donors (Lipinski definition) is 1. The lowest BCUT2D eigenvalue weighted by molar-refractivity contribution is -0.142. The quantitative estimate of drug-likeness (QED) is 0.833. The Hall–Kier alpha value is -0.420. The van der Waals surface area contributed by atoms with Gasteiger partial charge >= 0.3 is 5.97 Å². The van der Waals surface area contributed by atoms with E-state index in [1.54, 1.807) is 23.9 Å². The van der Waals surface area contributed by atoms with E-state index in [2.05, 4.69) is 4.90 Å². The molecule has 0 spiro atoms. The first kappa shape index (κ1) is 16.0. The van der Waals surface area contributed by atoms with Crippen LogP contribution in [0.15, 0.2) is 23.1 Å². The fraction of sp³-hybridized carbons (Fsp3) is 0.500. The molecule has 1 saturated heterocycles. The highest BCUT2D eigenvalue weighted by Gasteiger charge is 2.34. The van der Waals surface area contributed by atoms with Crippen LogP contribution in [0.3, 0.4) is 0 Å². The molecule has 110 valence electrons. The number of rotatable bonds is 5. The average Bonchev–Trinajstić information content (AvgIpc) is 2.75. The van der Waals surface area contributed by atoms with E-state index in [-0.39, 0.29) is 11.8 Å². The number of nitrogens with zero attached hydrogens (tertiary/aromatic N) is 1. The summed E-state index contributed by atoms with van der Waals surface area (Å²) < 4.78 is 0. The second kappa shape index (κ2) is 7.03. The number of aliphatic carboxylic acids is 1. The fourth-order valence-electron chi connectivity index (χ4n) is 2.44. The van der Waals surface area contributed by atoms with Crippen LogP contribution in [0.4, 0.5) is 0 Å². The topological polar surface area (TPSA) is 40.5 Å². The predicted molar refractivity (Wildman–Crippen MR) is 83.9 cm³/mol. The molecule has 0 bridgehead atoms. The van der Waals surface area contributed by atoms with Crippen LogP contribution in [-0.2, 0) is 4.79 Å². The van der Waals surface area contributed by atoms with Crippen molar-refractivity contribution in [3.8, 4) is 0 Å². The lowest BCUT2D eigenvalue weighted by Gasteiger charge is -2.15. The molecular formula is C14H17Cl2NO2S. The van der Waals surface area contributed by atoms with Gasteiger partial charge in [0.15, 0.2) is 0 Å². The molecule has 0 radical (unpaired) electrons. The van der Waals surface area contributed by atoms with E-state index in [1.165, 1.54) is 0 Å². The van der Waals surface area contributed by atoms with Crippen molar-refractivity contribution in [2.45, 2.75) is 11.8 Å². The van der Waals surface area contributed by atoms with Crippen LogP contribution in [0, 0.1) is 11.8 Å². The standard InChI is InChI=1S/C14H17Cl2NO2S/c1-9-7-17(8-11(9)14(18)19)4-5-20-13-6-10(15)2-3-12(13)16/h2-3,6,9,11H,4-5,7-8H2,1H3,(H,18,19)/t9-,11-/m1/s1. The number of carboxylic acids is 1. The molecule has 0 unspecified atom stereocenters. The van der Waals surface area contributed by atoms with E-state index in [0.29, 0.717) is 16.6 Å². The molecule has 1 heterocycles. The Labute approximate surface area is 133 Å². The van der Waals surface area contributed by atoms with Gasteiger partial charge in [-0.15, -0.1) is 11.8 Å². The van der Waals surface area contributed by atoms with E-state index in [1.807, 2.05) is 13.0 Å². The first-order chi connectivity index (χ1) is 9.47. The van der Waals surface area contributed by atoms with Crippen molar-refractivity contribution in [1.29, 1.82) is 0 Å². The van der Waals surface area contributed by atoms with Crippen molar-refractivity contribution in [3.05, 3.63) is 28.2 Å². The van der Waals surface area contributed by atoms with Gasteiger partial charge in [0.25, 0.3) is 0 Å². The number of likely N-dealkylation sites (tertiary alicyclic amines) is 1. The number of benzene rings is 1. The van der Waals surface area contributed by atoms with Gasteiger partial charge in [-0.25, -0.2) is 0 Å². The molecule has 0 saturated carbocycles. The summed E-state index contributed by atoms with van der Waals surface area (Å²) in [5, 5.41) is 10.5. The summed E-state index contributed by atoms with van der Waals surface area (Å²) >= 11 is 13.7. The molecule has 0 aliphatic carbocycles. The average molecular weight is 334 g/mol. The summed E-state index contributed by atoms with van der Waals surface area (Å²) in [5.41, 5.74) is 0. The second-order valence-electron chi connectivity index (χ2n) is 5.10. The zero-order chi connectivity index (χ0) is 14.7. The van der Waals surface area contributed by atoms with E-state index in [0.717, 1.165) is 23.7 Å². The molecule has 1 aromatic carbocycles. The van der Waals surface area contributed by atoms with Crippen molar-refractivity contribution in [1.82, 2.24) is 4.90 Å². The Morgan fingerprint density at radius 1 is 1.45 bits per heavy atom. The lowest BCUT2D eigenvalue weighted by atomic mass is 9.99. The zero-order valence-corrected chi connectivity index (χ0v) is 13.5. The molecule has 20 heavy (non-hydrogen) atoms. The number of thioether (sulfide) groups is 1. The summed E-state index contributed by atoms with van der Waals surface area (Å²) in [7, 11) is 0. The number of carboxylic acid groups (broad SMARTS) is 1. The van der Waals surface area contributed by atoms with Gasteiger partial charge in [-0.3, -0.25) is 4.79 Å². The summed E-state index contributed by atoms with van der Waals surface area (Å²) in [6.45, 7) is 4.35. The maximum atomic E-state index is 11.1. The molecule has 3 nitrogen and oxygen atoms in total. The summed E-state index contributed by atoms with van der Waals surface area (Å²) in [6, 6.07) is 5.43. The molecule has 0 aromatic heterocycles. The number of hydrogen-bond acceptors (Lipinski definition) is 3. The van der Waals surface area contributed by atoms with Crippen molar-refractivity contribution >= 4 is 40.9 Å². The molecular weight excluding hydrogens is 317 g/mol. The van der Waals surface area contributed by atoms with E-state index in [4.69, 9.17) is 28.3 Å². The first-order valence-electron chi connectivity index (χ1n) is 6.50. The third-order valence-electron chi connectivity index (χ3n) is 3.56. The maximum Gasteiger partial charge on any atom is 0.308 e. The summed E-state index contributed by atoms with van der Waals surface area (Å²) in [5.74, 6) is 0.159. The van der Waals surface area contributed by atoms with Gasteiger partial charge in [0.2, 0.25) is 0 Å². The summed E-state index contributed by atoms with van der Waals surface area (Å²) in [4.78, 5) is 14.2. The van der Waals surface area contributed by atoms with Gasteiger partial charge in [-0.05, 0) is 24.1 Å². The molecule has 2 rings (SSSR count). The van der Waals surface area contributed by atoms with Gasteiger partial charge < -0.3 is 10.0 Å². The molecule has 1 fully saturated rings. The highest BCUT2D eigenvalue weighted by atomic mass is 35.5. The predicted octanol–water partition coefficient (Wildman–Crippen LogP) is 3.74. The van der Waals surface area contributed by atoms with Gasteiger partial charge in [-0.2, -0.15) is 0 Å². The SMILES string of the molecule is C[C@@H]1CN(CCSc2cc(Cl)ccc2Cl)C[C@H]1C(=O)O. The van der Waals surface area contributed by atoms with Crippen LogP contribution in [0.1, 0.15) is 6.92 Å². The third kappa shape index (κ3) is 4.04. The maximum absolute atomic E-state index is 11.1. The minimum Gasteiger partial charge on any atom is -0.481 e. The Morgan fingerprint density at radius 3 is 2.85 bits per heavy atom. The minimum absolute atomic E-state index is 0.215. The van der Waals surface area contributed by atoms with Crippen LogP contribution in [-0.4, -0.2) is 41.4 Å². The molecule has 1 aliphatic rings. The number of halogens is 2. The molecule has 6 heteroatoms. The van der Waals surface area contributed by atoms with Crippen LogP contribution >= 0.6 is 35.0 Å². The monoisotopic (exact) mass is 333 g/mol. The van der Waals surface area contributed by atoms with E-state index in [9.17, 15) is 4.79 Å². The summed E-state index contributed by atoms with van der Waals surface area (Å²) in [6.07, 6.45) is 0. The van der Waals surface area contributed by atoms with Crippen LogP contribution in [0.25, 0.3) is 0 Å². The van der Waals surface area contributed by atoms with Gasteiger partial charge in [-0.1, -0.05) is 30.1 Å². The van der Waals surface area contributed by atoms with Crippen LogP contribution in [0.5, 0.6) is 0 Å². The van der Waals surface area contributed by atoms with Crippen LogP contribution < -0.4 is 0 Å². The van der Waals surface area contributed by atoms with Crippen molar-refractivity contribution in [2.24, 2.45) is 11.8 Å². The van der Waals surface area contributed by atoms with Crippen molar-refractivity contribution in [3.63, 3.8) is 0 Å². The smallest absolute Gasteiger partial charge is 0.308 e. The first-order valence-corrected chi connectivity index (χ1v) is 8.24. The molecule has 2 atom stereocenters. The van der Waals surface area contributed by atoms with Crippen LogP contribution in [0.2, 0.25) is 10.0 Å². The number of carbonyl (C=O) groups is 1. The Morgan fingerprint density at radius 2 is 2.20 bits per heavy atom. The third-order valence-corrected chi connectivity index (χ3v) is 5.28. The highest BCUT2D eigenvalue weighted by molar-refractivity contribution is 7.99. The molecule has 1 aromatic rings. The van der Waals surface area contributed by atoms with Gasteiger partial charge in [0.1, 0.15) is 0 Å². The Balaban J connectivity index is 1.82. The zero-order valence-electron chi connectivity index (χ0n) is 11.2. The Bertz CT molecular complexity index is 498. The van der Waals surface area contributed by atoms with E-state index < -0.39 is 5.97 Å². The van der Waals surface area contributed by atoms with Gasteiger partial charge in [0.05, 0.1) is 10.9 Å². The molecule has 1 aliphatic heterocycles. The Kier molecular flexibility index (Phi) is 5.61. The lowest BCUT2D eigenvalue weighted by Crippen LogP contribution is -2.25. The normalized spacial score (nSPS) is 23.1.